The van der Waals surface area contributed by atoms with Gasteiger partial charge in [0.15, 0.2) is 0 Å². The molecule has 1 heterocycles. The molecule has 1 aromatic carbocycles. The molecular weight excluding hydrogens is 236 g/mol. The van der Waals surface area contributed by atoms with Crippen LogP contribution in [0.25, 0.3) is 0 Å². The van der Waals surface area contributed by atoms with E-state index in [2.05, 4.69) is 0 Å². The number of hydrogen-bond acceptors (Lipinski definition) is 3. The Morgan fingerprint density at radius 1 is 1.47 bits per heavy atom. The lowest BCUT2D eigenvalue weighted by molar-refractivity contribution is -0.144. The molecule has 0 saturated carbocycles. The minimum atomic E-state index is -0.742. The summed E-state index contributed by atoms with van der Waals surface area (Å²) >= 11 is 1.83. The van der Waals surface area contributed by atoms with E-state index in [0.717, 1.165) is 23.7 Å². The van der Waals surface area contributed by atoms with Gasteiger partial charge in [-0.15, -0.1) is 0 Å². The summed E-state index contributed by atoms with van der Waals surface area (Å²) in [5.41, 5.74) is 0. The third-order valence-corrected chi connectivity index (χ3v) is 4.21. The zero-order valence-electron chi connectivity index (χ0n) is 9.54. The molecule has 1 aliphatic rings. The van der Waals surface area contributed by atoms with Gasteiger partial charge >= 0.3 is 5.97 Å². The third kappa shape index (κ3) is 3.40. The van der Waals surface area contributed by atoms with Gasteiger partial charge in [0, 0.05) is 0 Å². The van der Waals surface area contributed by atoms with Crippen LogP contribution in [-0.4, -0.2) is 29.2 Å². The second-order valence-electron chi connectivity index (χ2n) is 4.19. The van der Waals surface area contributed by atoms with E-state index < -0.39 is 5.97 Å². The molecule has 0 radical (unpaired) electrons. The summed E-state index contributed by atoms with van der Waals surface area (Å²) in [4.78, 5) is 11.2. The number of carbonyl (C=O) groups is 1. The van der Waals surface area contributed by atoms with Gasteiger partial charge in [-0.25, -0.2) is 0 Å². The maximum absolute atomic E-state index is 11.2. The van der Waals surface area contributed by atoms with Crippen LogP contribution in [0, 0.1) is 11.8 Å². The van der Waals surface area contributed by atoms with Crippen molar-refractivity contribution in [2.45, 2.75) is 6.42 Å². The number of benzene rings is 1. The summed E-state index contributed by atoms with van der Waals surface area (Å²) in [5.74, 6) is 1.87. The molecule has 0 spiro atoms. The molecule has 1 saturated heterocycles. The predicted molar refractivity (Wildman–Crippen MR) is 68.5 cm³/mol. The van der Waals surface area contributed by atoms with Crippen molar-refractivity contribution in [3.05, 3.63) is 30.3 Å². The smallest absolute Gasteiger partial charge is 0.310 e. The molecule has 0 bridgehead atoms. The van der Waals surface area contributed by atoms with Crippen LogP contribution in [0.4, 0.5) is 0 Å². The molecule has 1 aromatic rings. The zero-order valence-corrected chi connectivity index (χ0v) is 10.4. The first-order chi connectivity index (χ1) is 8.27. The lowest BCUT2D eigenvalue weighted by Gasteiger charge is -2.18. The summed E-state index contributed by atoms with van der Waals surface area (Å²) in [5, 5.41) is 9.22. The van der Waals surface area contributed by atoms with Crippen LogP contribution in [0.1, 0.15) is 6.42 Å². The van der Waals surface area contributed by atoms with Crippen molar-refractivity contribution < 1.29 is 14.6 Å². The van der Waals surface area contributed by atoms with Gasteiger partial charge in [0.1, 0.15) is 12.4 Å². The Morgan fingerprint density at radius 3 is 2.82 bits per heavy atom. The van der Waals surface area contributed by atoms with E-state index in [9.17, 15) is 9.90 Å². The molecule has 0 aromatic heterocycles. The van der Waals surface area contributed by atoms with Crippen molar-refractivity contribution in [2.24, 2.45) is 11.8 Å². The van der Waals surface area contributed by atoms with Gasteiger partial charge < -0.3 is 9.84 Å². The van der Waals surface area contributed by atoms with Crippen LogP contribution >= 0.6 is 11.8 Å². The zero-order chi connectivity index (χ0) is 12.1. The van der Waals surface area contributed by atoms with Crippen molar-refractivity contribution in [2.75, 3.05) is 18.1 Å². The highest BCUT2D eigenvalue weighted by Crippen LogP contribution is 2.30. The first-order valence-electron chi connectivity index (χ1n) is 5.76. The molecule has 0 aliphatic carbocycles. The maximum Gasteiger partial charge on any atom is 0.310 e. The maximum atomic E-state index is 11.2. The van der Waals surface area contributed by atoms with E-state index in [1.165, 1.54) is 0 Å². The fourth-order valence-corrected chi connectivity index (χ4v) is 3.32. The molecular formula is C13H16O3S. The van der Waals surface area contributed by atoms with Crippen LogP contribution in [0.2, 0.25) is 0 Å². The highest BCUT2D eigenvalue weighted by molar-refractivity contribution is 7.99. The highest BCUT2D eigenvalue weighted by Gasteiger charge is 2.31. The quantitative estimate of drug-likeness (QED) is 0.874. The molecule has 3 nitrogen and oxygen atoms in total. The summed E-state index contributed by atoms with van der Waals surface area (Å²) in [6, 6.07) is 9.38. The van der Waals surface area contributed by atoms with Gasteiger partial charge in [-0.1, -0.05) is 18.2 Å². The first-order valence-corrected chi connectivity index (χ1v) is 6.91. The van der Waals surface area contributed by atoms with E-state index in [1.54, 1.807) is 0 Å². The number of thioether (sulfide) groups is 1. The summed E-state index contributed by atoms with van der Waals surface area (Å²) < 4.78 is 5.55. The molecule has 1 N–H and O–H groups in total. The third-order valence-electron chi connectivity index (χ3n) is 3.02. The highest BCUT2D eigenvalue weighted by atomic mass is 32.2. The molecule has 1 aliphatic heterocycles. The lowest BCUT2D eigenvalue weighted by atomic mass is 9.93. The van der Waals surface area contributed by atoms with Crippen LogP contribution in [0.3, 0.4) is 0 Å². The first kappa shape index (κ1) is 12.3. The molecule has 92 valence electrons. The second kappa shape index (κ2) is 5.96. The Labute approximate surface area is 105 Å². The molecule has 4 heteroatoms. The van der Waals surface area contributed by atoms with Crippen LogP contribution in [-0.2, 0) is 4.79 Å². The molecule has 2 atom stereocenters. The van der Waals surface area contributed by atoms with Gasteiger partial charge in [-0.05, 0) is 36.0 Å². The van der Waals surface area contributed by atoms with E-state index in [1.807, 2.05) is 42.1 Å². The second-order valence-corrected chi connectivity index (χ2v) is 5.34. The number of aliphatic carboxylic acids is 1. The number of carboxylic acid groups (broad SMARTS) is 1. The Hall–Kier alpha value is -1.16. The Morgan fingerprint density at radius 2 is 2.24 bits per heavy atom. The Kier molecular flexibility index (Phi) is 4.31. The number of para-hydroxylation sites is 1. The Balaban J connectivity index is 1.92. The molecule has 0 amide bonds. The van der Waals surface area contributed by atoms with Gasteiger partial charge in [-0.3, -0.25) is 4.79 Å². The summed E-state index contributed by atoms with van der Waals surface area (Å²) in [6.45, 7) is 0.268. The summed E-state index contributed by atoms with van der Waals surface area (Å²) in [7, 11) is 0. The lowest BCUT2D eigenvalue weighted by Crippen LogP contribution is -2.29. The van der Waals surface area contributed by atoms with Crippen molar-refractivity contribution in [1.82, 2.24) is 0 Å². The minimum Gasteiger partial charge on any atom is -0.493 e. The molecule has 1 fully saturated rings. The number of carboxylic acids is 1. The van der Waals surface area contributed by atoms with Crippen LogP contribution in [0.5, 0.6) is 5.75 Å². The van der Waals surface area contributed by atoms with Crippen molar-refractivity contribution >= 4 is 17.7 Å². The number of rotatable bonds is 5. The topological polar surface area (TPSA) is 46.5 Å². The van der Waals surface area contributed by atoms with Crippen LogP contribution < -0.4 is 4.74 Å². The van der Waals surface area contributed by atoms with Gasteiger partial charge in [0.05, 0.1) is 5.92 Å². The normalized spacial score (nSPS) is 21.1. The average molecular weight is 252 g/mol. The molecule has 2 unspecified atom stereocenters. The average Bonchev–Trinajstić information content (AvgIpc) is 2.84. The standard InChI is InChI=1S/C13H16O3S/c14-13(15)12(10-6-7-17-9-10)8-16-11-4-2-1-3-5-11/h1-5,10,12H,6-9H2,(H,14,15). The van der Waals surface area contributed by atoms with E-state index in [0.29, 0.717) is 0 Å². The predicted octanol–water partition coefficient (Wildman–Crippen LogP) is 2.52. The SMILES string of the molecule is O=C(O)C(COc1ccccc1)C1CCSC1. The fraction of sp³-hybridized carbons (Fsp3) is 0.462. The van der Waals surface area contributed by atoms with Crippen molar-refractivity contribution in [3.8, 4) is 5.75 Å². The minimum absolute atomic E-state index is 0.251. The van der Waals surface area contributed by atoms with E-state index >= 15 is 0 Å². The van der Waals surface area contributed by atoms with Gasteiger partial charge in [0.25, 0.3) is 0 Å². The van der Waals surface area contributed by atoms with Crippen LogP contribution in [0.15, 0.2) is 30.3 Å². The summed E-state index contributed by atoms with van der Waals surface area (Å²) in [6.07, 6.45) is 0.986. The number of hydrogen-bond donors (Lipinski definition) is 1. The van der Waals surface area contributed by atoms with Crippen molar-refractivity contribution in [1.29, 1.82) is 0 Å². The van der Waals surface area contributed by atoms with E-state index in [-0.39, 0.29) is 18.4 Å². The monoisotopic (exact) mass is 252 g/mol. The fourth-order valence-electron chi connectivity index (χ4n) is 1.98. The number of ether oxygens (including phenoxy) is 1. The van der Waals surface area contributed by atoms with Gasteiger partial charge in [-0.2, -0.15) is 11.8 Å². The van der Waals surface area contributed by atoms with Gasteiger partial charge in [0.2, 0.25) is 0 Å². The Bertz CT molecular complexity index is 360. The van der Waals surface area contributed by atoms with E-state index in [4.69, 9.17) is 4.74 Å². The largest absolute Gasteiger partial charge is 0.493 e. The molecule has 2 rings (SSSR count). The molecule has 17 heavy (non-hydrogen) atoms. The van der Waals surface area contributed by atoms with Crippen molar-refractivity contribution in [3.63, 3.8) is 0 Å².